The van der Waals surface area contributed by atoms with E-state index in [1.165, 1.54) is 37.8 Å². The first-order valence-corrected chi connectivity index (χ1v) is 14.4. The number of nitrogens with one attached hydrogen (secondary N) is 1. The Hall–Kier alpha value is -2.06. The maximum atomic E-state index is 13.8. The minimum absolute atomic E-state index is 0.0279. The van der Waals surface area contributed by atoms with Gasteiger partial charge in [-0.3, -0.25) is 0 Å². The molecule has 1 atom stereocenters. The maximum absolute atomic E-state index is 13.8. The highest BCUT2D eigenvalue weighted by molar-refractivity contribution is 7.89. The second-order valence-corrected chi connectivity index (χ2v) is 12.3. The second kappa shape index (κ2) is 10.5. The number of fused-ring (bicyclic) bond motifs is 1. The van der Waals surface area contributed by atoms with Crippen LogP contribution in [0.1, 0.15) is 49.8 Å². The smallest absolute Gasteiger partial charge is 0.243 e. The molecule has 1 fully saturated rings. The van der Waals surface area contributed by atoms with Gasteiger partial charge < -0.3 is 9.88 Å². The van der Waals surface area contributed by atoms with Gasteiger partial charge in [-0.25, -0.2) is 13.4 Å². The summed E-state index contributed by atoms with van der Waals surface area (Å²) in [5, 5.41) is 0.577. The van der Waals surface area contributed by atoms with Gasteiger partial charge in [0.1, 0.15) is 0 Å². The van der Waals surface area contributed by atoms with Crippen molar-refractivity contribution in [1.82, 2.24) is 14.3 Å². The molecular formula is C26H30Cl2N4O2S. The van der Waals surface area contributed by atoms with Crippen LogP contribution in [0.15, 0.2) is 59.9 Å². The van der Waals surface area contributed by atoms with Crippen molar-refractivity contribution in [3.8, 4) is 0 Å². The van der Waals surface area contributed by atoms with Crippen LogP contribution in [0.3, 0.4) is 0 Å². The molecule has 9 heteroatoms. The summed E-state index contributed by atoms with van der Waals surface area (Å²) in [4.78, 5) is 9.95. The third-order valence-electron chi connectivity index (χ3n) is 7.31. The van der Waals surface area contributed by atoms with E-state index in [9.17, 15) is 8.42 Å². The number of halogens is 2. The van der Waals surface area contributed by atoms with Crippen LogP contribution >= 0.6 is 23.2 Å². The molecule has 5 rings (SSSR count). The lowest BCUT2D eigenvalue weighted by Crippen LogP contribution is -2.43. The monoisotopic (exact) mass is 532 g/mol. The number of para-hydroxylation sites is 1. The molecule has 1 unspecified atom stereocenters. The molecule has 2 aromatic carbocycles. The molecule has 0 saturated heterocycles. The zero-order chi connectivity index (χ0) is 24.4. The number of anilines is 1. The van der Waals surface area contributed by atoms with Crippen LogP contribution in [0.5, 0.6) is 0 Å². The number of imidazole rings is 1. The average molecular weight is 534 g/mol. The number of nitrogens with zero attached hydrogens (tertiary/aromatic N) is 3. The number of hydrogen-bond acceptors (Lipinski definition) is 4. The fourth-order valence-corrected chi connectivity index (χ4v) is 7.27. The van der Waals surface area contributed by atoms with E-state index in [0.29, 0.717) is 24.7 Å². The summed E-state index contributed by atoms with van der Waals surface area (Å²) in [5.41, 5.74) is 3.07. The van der Waals surface area contributed by atoms with Crippen molar-refractivity contribution in [1.29, 1.82) is 0 Å². The number of sulfonamides is 1. The summed E-state index contributed by atoms with van der Waals surface area (Å²) in [5.74, 6) is 0.725. The zero-order valence-electron chi connectivity index (χ0n) is 19.5. The minimum atomic E-state index is -3.78. The fourth-order valence-electron chi connectivity index (χ4n) is 5.42. The van der Waals surface area contributed by atoms with E-state index in [4.69, 9.17) is 23.2 Å². The first-order chi connectivity index (χ1) is 16.9. The van der Waals surface area contributed by atoms with E-state index in [1.807, 2.05) is 24.4 Å². The van der Waals surface area contributed by atoms with E-state index < -0.39 is 10.0 Å². The van der Waals surface area contributed by atoms with Crippen LogP contribution in [-0.2, 0) is 23.1 Å². The predicted molar refractivity (Wildman–Crippen MR) is 140 cm³/mol. The summed E-state index contributed by atoms with van der Waals surface area (Å²) in [6.45, 7) is 1.35. The Balaban J connectivity index is 1.52. The van der Waals surface area contributed by atoms with E-state index in [1.54, 1.807) is 16.7 Å². The van der Waals surface area contributed by atoms with Gasteiger partial charge in [0.25, 0.3) is 0 Å². The van der Waals surface area contributed by atoms with Gasteiger partial charge in [-0.05, 0) is 48.6 Å². The van der Waals surface area contributed by atoms with Crippen LogP contribution < -0.4 is 4.90 Å². The zero-order valence-corrected chi connectivity index (χ0v) is 21.9. The van der Waals surface area contributed by atoms with Crippen LogP contribution in [0.2, 0.25) is 10.0 Å². The van der Waals surface area contributed by atoms with Gasteiger partial charge in [0, 0.05) is 31.0 Å². The second-order valence-electron chi connectivity index (χ2n) is 9.59. The van der Waals surface area contributed by atoms with Gasteiger partial charge in [-0.15, -0.1) is 0 Å². The average Bonchev–Trinajstić information content (AvgIpc) is 3.53. The van der Waals surface area contributed by atoms with Crippen LogP contribution in [0.4, 0.5) is 5.69 Å². The highest BCUT2D eigenvalue weighted by Gasteiger charge is 2.35. The molecule has 6 nitrogen and oxygen atoms in total. The molecule has 0 radical (unpaired) electrons. The fraction of sp³-hybridized carbons (Fsp3) is 0.423. The Kier molecular flexibility index (Phi) is 7.39. The van der Waals surface area contributed by atoms with Gasteiger partial charge in [0.15, 0.2) is 0 Å². The summed E-state index contributed by atoms with van der Waals surface area (Å²) in [7, 11) is -3.78. The van der Waals surface area contributed by atoms with Crippen LogP contribution in [-0.4, -0.2) is 35.3 Å². The Labute approximate surface area is 217 Å². The van der Waals surface area contributed by atoms with Gasteiger partial charge in [-0.2, -0.15) is 4.31 Å². The molecule has 2 heterocycles. The third-order valence-corrected chi connectivity index (χ3v) is 9.86. The molecule has 3 aromatic rings. The maximum Gasteiger partial charge on any atom is 0.243 e. The molecule has 1 aliphatic heterocycles. The van der Waals surface area contributed by atoms with Gasteiger partial charge in [0.05, 0.1) is 33.5 Å². The SMILES string of the molecule is O=S(=O)(c1ccc(Cl)c(Cl)c1)N1Cc2ccccc2N(Cc2cnc[nH]2)C(CCC2CCCC2)C1. The number of aromatic amines is 1. The molecule has 35 heavy (non-hydrogen) atoms. The molecule has 1 aliphatic carbocycles. The minimum Gasteiger partial charge on any atom is -0.361 e. The molecule has 0 spiro atoms. The number of H-pyrrole nitrogens is 1. The van der Waals surface area contributed by atoms with E-state index in [2.05, 4.69) is 20.9 Å². The quantitative estimate of drug-likeness (QED) is 0.389. The normalized spacial score (nSPS) is 19.6. The third kappa shape index (κ3) is 5.38. The standard InChI is InChI=1S/C26H30Cl2N4O2S/c27-24-12-11-23(13-25(24)28)35(33,34)31-15-20-7-3-4-8-26(20)32(16-21-14-29-18-30-21)22(17-31)10-9-19-5-1-2-6-19/h3-4,7-8,11-14,18-19,22H,1-2,5-6,9-10,15-17H2,(H,29,30). The molecule has 1 N–H and O–H groups in total. The highest BCUT2D eigenvalue weighted by Crippen LogP contribution is 2.36. The number of benzene rings is 2. The van der Waals surface area contributed by atoms with E-state index >= 15 is 0 Å². The first-order valence-electron chi connectivity index (χ1n) is 12.2. The van der Waals surface area contributed by atoms with Gasteiger partial charge >= 0.3 is 0 Å². The largest absolute Gasteiger partial charge is 0.361 e. The van der Waals surface area contributed by atoms with Crippen molar-refractivity contribution >= 4 is 38.9 Å². The highest BCUT2D eigenvalue weighted by atomic mass is 35.5. The Morgan fingerprint density at radius 2 is 1.83 bits per heavy atom. The Bertz CT molecular complexity index is 1260. The number of rotatable bonds is 7. The van der Waals surface area contributed by atoms with Crippen molar-refractivity contribution in [3.05, 3.63) is 76.3 Å². The van der Waals surface area contributed by atoms with Crippen LogP contribution in [0, 0.1) is 5.92 Å². The molecule has 2 aliphatic rings. The van der Waals surface area contributed by atoms with Crippen molar-refractivity contribution in [2.24, 2.45) is 5.92 Å². The summed E-state index contributed by atoms with van der Waals surface area (Å²) in [6.07, 6.45) is 10.7. The molecule has 0 amide bonds. The molecule has 0 bridgehead atoms. The molecule has 186 valence electrons. The molecule has 1 saturated carbocycles. The molecule has 1 aromatic heterocycles. The van der Waals surface area contributed by atoms with Crippen LogP contribution in [0.25, 0.3) is 0 Å². The molecular weight excluding hydrogens is 503 g/mol. The van der Waals surface area contributed by atoms with E-state index in [-0.39, 0.29) is 16.0 Å². The lowest BCUT2D eigenvalue weighted by molar-refractivity contribution is 0.350. The lowest BCUT2D eigenvalue weighted by atomic mass is 9.97. The Morgan fingerprint density at radius 1 is 1.03 bits per heavy atom. The van der Waals surface area contributed by atoms with Crippen molar-refractivity contribution < 1.29 is 8.42 Å². The first kappa shape index (κ1) is 24.6. The van der Waals surface area contributed by atoms with Crippen molar-refractivity contribution in [2.75, 3.05) is 11.4 Å². The number of aromatic nitrogens is 2. The lowest BCUT2D eigenvalue weighted by Gasteiger charge is -2.34. The number of hydrogen-bond donors (Lipinski definition) is 1. The van der Waals surface area contributed by atoms with Crippen molar-refractivity contribution in [2.45, 2.75) is 62.6 Å². The van der Waals surface area contributed by atoms with Gasteiger partial charge in [0.2, 0.25) is 10.0 Å². The Morgan fingerprint density at radius 3 is 2.57 bits per heavy atom. The summed E-state index contributed by atoms with van der Waals surface area (Å²) >= 11 is 12.3. The summed E-state index contributed by atoms with van der Waals surface area (Å²) in [6, 6.07) is 12.7. The topological polar surface area (TPSA) is 69.3 Å². The van der Waals surface area contributed by atoms with Gasteiger partial charge in [-0.1, -0.05) is 67.1 Å². The van der Waals surface area contributed by atoms with E-state index in [0.717, 1.165) is 35.7 Å². The van der Waals surface area contributed by atoms with Crippen molar-refractivity contribution in [3.63, 3.8) is 0 Å². The predicted octanol–water partition coefficient (Wildman–Crippen LogP) is 6.27. The summed E-state index contributed by atoms with van der Waals surface area (Å²) < 4.78 is 29.3.